The van der Waals surface area contributed by atoms with Gasteiger partial charge in [0.2, 0.25) is 0 Å². The zero-order valence-corrected chi connectivity index (χ0v) is 9.10. The lowest BCUT2D eigenvalue weighted by Gasteiger charge is -2.11. The maximum atomic E-state index is 9.40. The van der Waals surface area contributed by atoms with Crippen LogP contribution in [-0.4, -0.2) is 41.4 Å². The van der Waals surface area contributed by atoms with Crippen molar-refractivity contribution in [3.8, 4) is 0 Å². The van der Waals surface area contributed by atoms with Gasteiger partial charge in [-0.3, -0.25) is 4.98 Å². The molecule has 1 aromatic rings. The summed E-state index contributed by atoms with van der Waals surface area (Å²) in [5.74, 6) is 0.766. The third kappa shape index (κ3) is 4.22. The first kappa shape index (κ1) is 11.9. The highest BCUT2D eigenvalue weighted by atomic mass is 16.5. The summed E-state index contributed by atoms with van der Waals surface area (Å²) in [6.07, 6.45) is 3.49. The van der Waals surface area contributed by atoms with Gasteiger partial charge in [0, 0.05) is 26.0 Å². The average molecular weight is 211 g/mol. The summed E-state index contributed by atoms with van der Waals surface area (Å²) in [5, 5.41) is 12.5. The first-order valence-corrected chi connectivity index (χ1v) is 4.92. The monoisotopic (exact) mass is 211 g/mol. The van der Waals surface area contributed by atoms with Crippen LogP contribution >= 0.6 is 0 Å². The van der Waals surface area contributed by atoms with Gasteiger partial charge in [0.15, 0.2) is 0 Å². The van der Waals surface area contributed by atoms with Crippen LogP contribution in [0.2, 0.25) is 0 Å². The largest absolute Gasteiger partial charge is 0.391 e. The van der Waals surface area contributed by atoms with Crippen molar-refractivity contribution >= 4 is 5.82 Å². The molecule has 1 atom stereocenters. The number of nitrogens with one attached hydrogen (secondary N) is 1. The van der Waals surface area contributed by atoms with Gasteiger partial charge in [-0.2, -0.15) is 0 Å². The summed E-state index contributed by atoms with van der Waals surface area (Å²) in [4.78, 5) is 8.24. The van der Waals surface area contributed by atoms with Gasteiger partial charge in [-0.25, -0.2) is 4.98 Å². The zero-order valence-electron chi connectivity index (χ0n) is 9.10. The molecule has 1 aromatic heterocycles. The second-order valence-electron chi connectivity index (χ2n) is 3.31. The van der Waals surface area contributed by atoms with Gasteiger partial charge in [0.05, 0.1) is 18.4 Å². The Balaban J connectivity index is 2.29. The van der Waals surface area contributed by atoms with Crippen molar-refractivity contribution < 1.29 is 9.84 Å². The summed E-state index contributed by atoms with van der Waals surface area (Å²) in [5.41, 5.74) is 0.860. The standard InChI is InChI=1S/C10H17N3O2/c1-8-10(13-6-5-11-8)12-4-3-9(14)7-15-2/h5-6,9,14H,3-4,7H2,1-2H3,(H,12,13). The maximum Gasteiger partial charge on any atom is 0.147 e. The van der Waals surface area contributed by atoms with E-state index in [4.69, 9.17) is 4.74 Å². The highest BCUT2D eigenvalue weighted by Crippen LogP contribution is 2.05. The number of nitrogens with zero attached hydrogens (tertiary/aromatic N) is 2. The summed E-state index contributed by atoms with van der Waals surface area (Å²) in [6, 6.07) is 0. The number of aromatic nitrogens is 2. The Morgan fingerprint density at radius 2 is 2.20 bits per heavy atom. The van der Waals surface area contributed by atoms with Crippen LogP contribution in [0.15, 0.2) is 12.4 Å². The number of hydrogen-bond acceptors (Lipinski definition) is 5. The van der Waals surface area contributed by atoms with Gasteiger partial charge in [0.1, 0.15) is 5.82 Å². The predicted octanol–water partition coefficient (Wildman–Crippen LogP) is 0.594. The number of ether oxygens (including phenoxy) is 1. The molecule has 0 bridgehead atoms. The minimum absolute atomic E-state index is 0.362. The second kappa shape index (κ2) is 6.31. The third-order valence-corrected chi connectivity index (χ3v) is 2.01. The van der Waals surface area contributed by atoms with Crippen molar-refractivity contribution in [3.63, 3.8) is 0 Å². The highest BCUT2D eigenvalue weighted by molar-refractivity contribution is 5.37. The molecular formula is C10H17N3O2. The lowest BCUT2D eigenvalue weighted by molar-refractivity contribution is 0.0615. The van der Waals surface area contributed by atoms with Crippen molar-refractivity contribution in [2.75, 3.05) is 25.6 Å². The van der Waals surface area contributed by atoms with E-state index < -0.39 is 6.10 Å². The molecule has 0 spiro atoms. The minimum atomic E-state index is -0.431. The van der Waals surface area contributed by atoms with Crippen molar-refractivity contribution in [3.05, 3.63) is 18.1 Å². The van der Waals surface area contributed by atoms with E-state index in [-0.39, 0.29) is 0 Å². The fourth-order valence-electron chi connectivity index (χ4n) is 1.21. The molecule has 0 aliphatic carbocycles. The Morgan fingerprint density at radius 3 is 2.87 bits per heavy atom. The lowest BCUT2D eigenvalue weighted by Crippen LogP contribution is -2.19. The van der Waals surface area contributed by atoms with Crippen molar-refractivity contribution in [1.29, 1.82) is 0 Å². The molecule has 15 heavy (non-hydrogen) atoms. The molecule has 0 saturated carbocycles. The summed E-state index contributed by atoms with van der Waals surface area (Å²) in [7, 11) is 1.57. The molecule has 0 fully saturated rings. The molecular weight excluding hydrogens is 194 g/mol. The van der Waals surface area contributed by atoms with E-state index >= 15 is 0 Å². The fourth-order valence-corrected chi connectivity index (χ4v) is 1.21. The molecule has 5 nitrogen and oxygen atoms in total. The van der Waals surface area contributed by atoms with Crippen LogP contribution in [0.25, 0.3) is 0 Å². The molecule has 0 radical (unpaired) electrons. The Kier molecular flexibility index (Phi) is 5.00. The molecule has 0 aliphatic heterocycles. The van der Waals surface area contributed by atoms with Gasteiger partial charge in [-0.05, 0) is 13.3 Å². The molecule has 0 aliphatic rings. The van der Waals surface area contributed by atoms with Gasteiger partial charge >= 0.3 is 0 Å². The number of anilines is 1. The highest BCUT2D eigenvalue weighted by Gasteiger charge is 2.04. The fraction of sp³-hybridized carbons (Fsp3) is 0.600. The molecule has 1 unspecified atom stereocenters. The Bertz CT molecular complexity index is 294. The van der Waals surface area contributed by atoms with E-state index in [2.05, 4.69) is 15.3 Å². The summed E-state index contributed by atoms with van der Waals surface area (Å²) >= 11 is 0. The molecule has 0 amide bonds. The van der Waals surface area contributed by atoms with Gasteiger partial charge in [-0.15, -0.1) is 0 Å². The molecule has 1 heterocycles. The van der Waals surface area contributed by atoms with Crippen LogP contribution in [0.5, 0.6) is 0 Å². The quantitative estimate of drug-likeness (QED) is 0.721. The van der Waals surface area contributed by atoms with E-state index in [0.29, 0.717) is 19.6 Å². The predicted molar refractivity (Wildman–Crippen MR) is 57.8 cm³/mol. The van der Waals surface area contributed by atoms with Crippen LogP contribution in [0.3, 0.4) is 0 Å². The SMILES string of the molecule is COCC(O)CCNc1nccnc1C. The molecule has 5 heteroatoms. The zero-order chi connectivity index (χ0) is 11.1. The van der Waals surface area contributed by atoms with Crippen LogP contribution < -0.4 is 5.32 Å². The van der Waals surface area contributed by atoms with Crippen LogP contribution in [0, 0.1) is 6.92 Å². The van der Waals surface area contributed by atoms with E-state index in [1.165, 1.54) is 0 Å². The topological polar surface area (TPSA) is 67.3 Å². The van der Waals surface area contributed by atoms with Crippen molar-refractivity contribution in [1.82, 2.24) is 9.97 Å². The number of aliphatic hydroxyl groups excluding tert-OH is 1. The lowest BCUT2D eigenvalue weighted by atomic mass is 10.2. The molecule has 84 valence electrons. The smallest absolute Gasteiger partial charge is 0.147 e. The van der Waals surface area contributed by atoms with Gasteiger partial charge in [-0.1, -0.05) is 0 Å². The first-order valence-electron chi connectivity index (χ1n) is 4.92. The molecule has 2 N–H and O–H groups in total. The normalized spacial score (nSPS) is 12.5. The number of aryl methyl sites for hydroxylation is 1. The summed E-state index contributed by atoms with van der Waals surface area (Å²) < 4.78 is 4.82. The minimum Gasteiger partial charge on any atom is -0.391 e. The Labute approximate surface area is 89.5 Å². The van der Waals surface area contributed by atoms with Crippen molar-refractivity contribution in [2.24, 2.45) is 0 Å². The van der Waals surface area contributed by atoms with Gasteiger partial charge in [0.25, 0.3) is 0 Å². The van der Waals surface area contributed by atoms with Crippen LogP contribution in [0.1, 0.15) is 12.1 Å². The Morgan fingerprint density at radius 1 is 1.47 bits per heavy atom. The number of methoxy groups -OCH3 is 1. The molecule has 1 rings (SSSR count). The van der Waals surface area contributed by atoms with Crippen LogP contribution in [-0.2, 0) is 4.74 Å². The van der Waals surface area contributed by atoms with E-state index in [1.54, 1.807) is 19.5 Å². The molecule has 0 saturated heterocycles. The van der Waals surface area contributed by atoms with E-state index in [1.807, 2.05) is 6.92 Å². The number of hydrogen-bond donors (Lipinski definition) is 2. The Hall–Kier alpha value is -1.20. The first-order chi connectivity index (χ1) is 7.24. The number of rotatable bonds is 6. The maximum absolute atomic E-state index is 9.40. The van der Waals surface area contributed by atoms with E-state index in [0.717, 1.165) is 11.5 Å². The third-order valence-electron chi connectivity index (χ3n) is 2.01. The molecule has 0 aromatic carbocycles. The van der Waals surface area contributed by atoms with Gasteiger partial charge < -0.3 is 15.2 Å². The van der Waals surface area contributed by atoms with Crippen molar-refractivity contribution in [2.45, 2.75) is 19.4 Å². The second-order valence-corrected chi connectivity index (χ2v) is 3.31. The van der Waals surface area contributed by atoms with E-state index in [9.17, 15) is 5.11 Å². The average Bonchev–Trinajstić information content (AvgIpc) is 2.21. The summed E-state index contributed by atoms with van der Waals surface area (Å²) in [6.45, 7) is 2.91. The van der Waals surface area contributed by atoms with Crippen LogP contribution in [0.4, 0.5) is 5.82 Å². The number of aliphatic hydroxyl groups is 1.